The molecule has 4 rings (SSSR count). The molecule has 0 aliphatic carbocycles. The van der Waals surface area contributed by atoms with E-state index in [-0.39, 0.29) is 5.97 Å². The van der Waals surface area contributed by atoms with E-state index in [9.17, 15) is 4.79 Å². The van der Waals surface area contributed by atoms with Crippen molar-refractivity contribution >= 4 is 44.3 Å². The number of nitrogens with zero attached hydrogens (tertiary/aromatic N) is 3. The van der Waals surface area contributed by atoms with Gasteiger partial charge >= 0.3 is 5.97 Å². The molecule has 0 N–H and O–H groups in total. The molecule has 1 aliphatic rings. The Morgan fingerprint density at radius 1 is 1.17 bits per heavy atom. The van der Waals surface area contributed by atoms with Crippen LogP contribution in [0.5, 0.6) is 0 Å². The van der Waals surface area contributed by atoms with Gasteiger partial charge in [0.2, 0.25) is 0 Å². The van der Waals surface area contributed by atoms with Gasteiger partial charge in [0.05, 0.1) is 22.9 Å². The Kier molecular flexibility index (Phi) is 6.04. The summed E-state index contributed by atoms with van der Waals surface area (Å²) in [4.78, 5) is 21.5. The van der Waals surface area contributed by atoms with Gasteiger partial charge in [-0.2, -0.15) is 0 Å². The maximum atomic E-state index is 11.9. The van der Waals surface area contributed by atoms with Gasteiger partial charge in [0.25, 0.3) is 0 Å². The molecule has 5 nitrogen and oxygen atoms in total. The molecule has 2 heterocycles. The Balaban J connectivity index is 1.45. The molecule has 2 aromatic carbocycles. The van der Waals surface area contributed by atoms with Gasteiger partial charge in [-0.1, -0.05) is 29.0 Å². The van der Waals surface area contributed by atoms with Crippen LogP contribution < -0.4 is 4.90 Å². The van der Waals surface area contributed by atoms with E-state index >= 15 is 0 Å². The van der Waals surface area contributed by atoms with E-state index < -0.39 is 0 Å². The van der Waals surface area contributed by atoms with Crippen LogP contribution in [0.2, 0.25) is 5.02 Å². The first-order valence-corrected chi connectivity index (χ1v) is 10.9. The maximum Gasteiger partial charge on any atom is 0.337 e. The minimum atomic E-state index is -0.288. The Labute approximate surface area is 179 Å². The predicted molar refractivity (Wildman–Crippen MR) is 119 cm³/mol. The van der Waals surface area contributed by atoms with Gasteiger partial charge in [-0.25, -0.2) is 9.78 Å². The van der Waals surface area contributed by atoms with Crippen LogP contribution in [0.1, 0.15) is 27.9 Å². The van der Waals surface area contributed by atoms with Gasteiger partial charge in [0.1, 0.15) is 0 Å². The maximum absolute atomic E-state index is 11.9. The van der Waals surface area contributed by atoms with Gasteiger partial charge in [0.15, 0.2) is 5.13 Å². The van der Waals surface area contributed by atoms with E-state index in [4.69, 9.17) is 21.3 Å². The molecule has 0 saturated carbocycles. The molecule has 0 radical (unpaired) electrons. The number of ether oxygens (including phenoxy) is 1. The van der Waals surface area contributed by atoms with Crippen molar-refractivity contribution in [2.24, 2.45) is 0 Å². The van der Waals surface area contributed by atoms with Crippen molar-refractivity contribution < 1.29 is 9.53 Å². The standard InChI is InChI=1S/C22H24ClN3O2S/c1-15-4-5-16(21(27)28-2)12-17(15)14-25-8-3-9-26(11-10-25)22-24-19-7-6-18(23)13-20(19)29-22/h4-7,12-13H,3,8-11,14H2,1-2H3. The average Bonchev–Trinajstić information content (AvgIpc) is 2.99. The molecule has 0 unspecified atom stereocenters. The number of hydrogen-bond acceptors (Lipinski definition) is 6. The molecule has 152 valence electrons. The third-order valence-electron chi connectivity index (χ3n) is 5.36. The number of thiazole rings is 1. The van der Waals surface area contributed by atoms with Crippen LogP contribution in [-0.2, 0) is 11.3 Å². The molecule has 1 aliphatic heterocycles. The van der Waals surface area contributed by atoms with Crippen molar-refractivity contribution in [2.45, 2.75) is 19.9 Å². The number of rotatable bonds is 4. The number of hydrogen-bond donors (Lipinski definition) is 0. The van der Waals surface area contributed by atoms with E-state index in [1.807, 2.05) is 36.4 Å². The monoisotopic (exact) mass is 429 g/mol. The highest BCUT2D eigenvalue weighted by Gasteiger charge is 2.19. The summed E-state index contributed by atoms with van der Waals surface area (Å²) in [5.41, 5.74) is 3.99. The average molecular weight is 430 g/mol. The summed E-state index contributed by atoms with van der Waals surface area (Å²) in [6.07, 6.45) is 1.08. The zero-order valence-electron chi connectivity index (χ0n) is 16.7. The summed E-state index contributed by atoms with van der Waals surface area (Å²) >= 11 is 7.82. The van der Waals surface area contributed by atoms with Crippen LogP contribution in [-0.4, -0.2) is 49.1 Å². The fourth-order valence-electron chi connectivity index (χ4n) is 3.67. The summed E-state index contributed by atoms with van der Waals surface area (Å²) in [6.45, 7) is 6.83. The normalized spacial score (nSPS) is 15.5. The third kappa shape index (κ3) is 4.55. The smallest absolute Gasteiger partial charge is 0.337 e. The summed E-state index contributed by atoms with van der Waals surface area (Å²) < 4.78 is 5.99. The summed E-state index contributed by atoms with van der Waals surface area (Å²) in [7, 11) is 1.42. The molecule has 29 heavy (non-hydrogen) atoms. The highest BCUT2D eigenvalue weighted by molar-refractivity contribution is 7.22. The van der Waals surface area contributed by atoms with Gasteiger partial charge in [-0.15, -0.1) is 0 Å². The third-order valence-corrected chi connectivity index (χ3v) is 6.68. The molecule has 3 aromatic rings. The highest BCUT2D eigenvalue weighted by Crippen LogP contribution is 2.31. The number of aryl methyl sites for hydroxylation is 1. The van der Waals surface area contributed by atoms with Gasteiger partial charge < -0.3 is 9.64 Å². The zero-order chi connectivity index (χ0) is 20.4. The quantitative estimate of drug-likeness (QED) is 0.559. The SMILES string of the molecule is COC(=O)c1ccc(C)c(CN2CCCN(c3nc4ccc(Cl)cc4s3)CC2)c1. The van der Waals surface area contributed by atoms with Crippen LogP contribution in [0, 0.1) is 6.92 Å². The van der Waals surface area contributed by atoms with Crippen LogP contribution in [0.4, 0.5) is 5.13 Å². The fourth-order valence-corrected chi connectivity index (χ4v) is 4.96. The van der Waals surface area contributed by atoms with Crippen molar-refractivity contribution in [3.05, 3.63) is 58.1 Å². The number of carbonyl (C=O) groups is 1. The van der Waals surface area contributed by atoms with Crippen molar-refractivity contribution in [1.29, 1.82) is 0 Å². The Morgan fingerprint density at radius 2 is 2.03 bits per heavy atom. The molecule has 1 aromatic heterocycles. The fraction of sp³-hybridized carbons (Fsp3) is 0.364. The van der Waals surface area contributed by atoms with E-state index in [0.29, 0.717) is 5.56 Å². The number of carbonyl (C=O) groups excluding carboxylic acids is 1. The molecular formula is C22H24ClN3O2S. The lowest BCUT2D eigenvalue weighted by molar-refractivity contribution is 0.0600. The Hall–Kier alpha value is -2.15. The number of fused-ring (bicyclic) bond motifs is 1. The summed E-state index contributed by atoms with van der Waals surface area (Å²) in [5.74, 6) is -0.288. The van der Waals surface area contributed by atoms with E-state index in [1.165, 1.54) is 18.2 Å². The molecular weight excluding hydrogens is 406 g/mol. The highest BCUT2D eigenvalue weighted by atomic mass is 35.5. The minimum Gasteiger partial charge on any atom is -0.465 e. The first-order chi connectivity index (χ1) is 14.0. The Morgan fingerprint density at radius 3 is 2.86 bits per heavy atom. The second-order valence-electron chi connectivity index (χ2n) is 7.36. The van der Waals surface area contributed by atoms with E-state index in [1.54, 1.807) is 11.3 Å². The van der Waals surface area contributed by atoms with Crippen molar-refractivity contribution in [1.82, 2.24) is 9.88 Å². The molecule has 0 atom stereocenters. The first kappa shape index (κ1) is 20.1. The Bertz CT molecular complexity index is 1040. The molecule has 7 heteroatoms. The van der Waals surface area contributed by atoms with E-state index in [2.05, 4.69) is 16.7 Å². The lowest BCUT2D eigenvalue weighted by Crippen LogP contribution is -2.30. The molecule has 1 fully saturated rings. The number of benzene rings is 2. The lowest BCUT2D eigenvalue weighted by atomic mass is 10.0. The topological polar surface area (TPSA) is 45.7 Å². The zero-order valence-corrected chi connectivity index (χ0v) is 18.2. The molecule has 1 saturated heterocycles. The van der Waals surface area contributed by atoms with Crippen LogP contribution in [0.15, 0.2) is 36.4 Å². The first-order valence-electron chi connectivity index (χ1n) is 9.75. The molecule has 0 amide bonds. The second kappa shape index (κ2) is 8.69. The summed E-state index contributed by atoms with van der Waals surface area (Å²) in [6, 6.07) is 11.6. The molecule has 0 spiro atoms. The second-order valence-corrected chi connectivity index (χ2v) is 8.80. The van der Waals surface area contributed by atoms with Gasteiger partial charge in [-0.05, 0) is 54.8 Å². The lowest BCUT2D eigenvalue weighted by Gasteiger charge is -2.22. The predicted octanol–water partition coefficient (Wildman–Crippen LogP) is 4.76. The van der Waals surface area contributed by atoms with Gasteiger partial charge in [-0.3, -0.25) is 4.90 Å². The molecule has 0 bridgehead atoms. The number of esters is 1. The number of aromatic nitrogens is 1. The van der Waals surface area contributed by atoms with Gasteiger partial charge in [0, 0.05) is 37.7 Å². The minimum absolute atomic E-state index is 0.288. The van der Waals surface area contributed by atoms with Crippen LogP contribution in [0.25, 0.3) is 10.2 Å². The van der Waals surface area contributed by atoms with Crippen molar-refractivity contribution in [3.63, 3.8) is 0 Å². The van der Waals surface area contributed by atoms with Crippen molar-refractivity contribution in [2.75, 3.05) is 38.2 Å². The van der Waals surface area contributed by atoms with E-state index in [0.717, 1.165) is 59.5 Å². The largest absolute Gasteiger partial charge is 0.465 e. The number of methoxy groups -OCH3 is 1. The van der Waals surface area contributed by atoms with Crippen LogP contribution >= 0.6 is 22.9 Å². The number of halogens is 1. The van der Waals surface area contributed by atoms with Crippen molar-refractivity contribution in [3.8, 4) is 0 Å². The van der Waals surface area contributed by atoms with Crippen LogP contribution in [0.3, 0.4) is 0 Å². The summed E-state index contributed by atoms with van der Waals surface area (Å²) in [5, 5.41) is 1.81. The number of anilines is 1.